The molecule has 0 aromatic heterocycles. The third kappa shape index (κ3) is 6.63. The van der Waals surface area contributed by atoms with Gasteiger partial charge in [0.05, 0.1) is 5.56 Å². The van der Waals surface area contributed by atoms with Crippen molar-refractivity contribution in [2.45, 2.75) is 32.0 Å². The summed E-state index contributed by atoms with van der Waals surface area (Å²) in [5.74, 6) is -0.0274. The number of hydrogen-bond donors (Lipinski definition) is 1. The fourth-order valence-electron chi connectivity index (χ4n) is 5.28. The van der Waals surface area contributed by atoms with E-state index < -0.39 is 11.7 Å². The molecule has 2 aliphatic heterocycles. The first kappa shape index (κ1) is 27.9. The van der Waals surface area contributed by atoms with Gasteiger partial charge < -0.3 is 15.5 Å². The van der Waals surface area contributed by atoms with E-state index in [4.69, 9.17) is 5.73 Å². The molecule has 2 heterocycles. The molecule has 1 atom stereocenters. The van der Waals surface area contributed by atoms with Crippen molar-refractivity contribution in [1.29, 1.82) is 0 Å². The highest BCUT2D eigenvalue weighted by Gasteiger charge is 2.32. The van der Waals surface area contributed by atoms with E-state index in [1.807, 2.05) is 0 Å². The van der Waals surface area contributed by atoms with Crippen LogP contribution >= 0.6 is 0 Å². The summed E-state index contributed by atoms with van der Waals surface area (Å²) in [5, 5.41) is 0. The van der Waals surface area contributed by atoms with Gasteiger partial charge in [0.1, 0.15) is 11.6 Å². The molecule has 0 bridgehead atoms. The minimum absolute atomic E-state index is 0.00679. The van der Waals surface area contributed by atoms with Crippen molar-refractivity contribution in [3.63, 3.8) is 0 Å². The largest absolute Gasteiger partial charge is 0.416 e. The van der Waals surface area contributed by atoms with Crippen LogP contribution in [0.2, 0.25) is 0 Å². The highest BCUT2D eigenvalue weighted by molar-refractivity contribution is 5.80. The van der Waals surface area contributed by atoms with E-state index >= 15 is 0 Å². The zero-order valence-corrected chi connectivity index (χ0v) is 21.7. The van der Waals surface area contributed by atoms with Crippen LogP contribution in [-0.2, 0) is 6.18 Å². The van der Waals surface area contributed by atoms with Crippen LogP contribution in [-0.4, -0.2) is 66.7 Å². The number of nitrogens with zero attached hydrogens (tertiary/aromatic N) is 4. The van der Waals surface area contributed by atoms with Crippen LogP contribution in [0, 0.1) is 5.82 Å². The zero-order valence-electron chi connectivity index (χ0n) is 21.7. The standard InChI is InChI=1S/C29H35F4N5/c1-3-35-28(34)27(23-8-12-25(30)13-9-23)21(2)37-16-18-38(19-17-37)26(20-36-14-4-5-15-36)22-6-10-24(11-7-22)29(31,32)33/h3,6-13,26H,2,4-5,14-20,34H2,1H3/b28-27+,35-3-. The molecule has 4 rings (SSSR count). The molecule has 0 amide bonds. The molecule has 38 heavy (non-hydrogen) atoms. The fraction of sp³-hybridized carbons (Fsp3) is 0.414. The van der Waals surface area contributed by atoms with Crippen LogP contribution in [0.25, 0.3) is 5.57 Å². The Morgan fingerprint density at radius 1 is 0.974 bits per heavy atom. The quantitative estimate of drug-likeness (QED) is 0.278. The number of piperazine rings is 1. The highest BCUT2D eigenvalue weighted by Crippen LogP contribution is 2.33. The van der Waals surface area contributed by atoms with Crippen molar-refractivity contribution in [1.82, 2.24) is 14.7 Å². The molecule has 2 N–H and O–H groups in total. The van der Waals surface area contributed by atoms with E-state index in [0.29, 0.717) is 43.3 Å². The molecule has 0 radical (unpaired) electrons. The molecule has 0 spiro atoms. The van der Waals surface area contributed by atoms with Crippen LogP contribution in [0.4, 0.5) is 17.6 Å². The van der Waals surface area contributed by atoms with Gasteiger partial charge in [0, 0.05) is 56.3 Å². The number of nitrogens with two attached hydrogens (primary N) is 1. The lowest BCUT2D eigenvalue weighted by atomic mass is 10.00. The van der Waals surface area contributed by atoms with E-state index in [1.54, 1.807) is 37.4 Å². The van der Waals surface area contributed by atoms with Gasteiger partial charge >= 0.3 is 6.18 Å². The predicted octanol–water partition coefficient (Wildman–Crippen LogP) is 5.53. The Kier molecular flexibility index (Phi) is 8.89. The maximum absolute atomic E-state index is 13.6. The number of alkyl halides is 3. The van der Waals surface area contributed by atoms with Crippen molar-refractivity contribution in [2.75, 3.05) is 45.8 Å². The van der Waals surface area contributed by atoms with Crippen molar-refractivity contribution < 1.29 is 17.6 Å². The molecule has 2 aromatic rings. The van der Waals surface area contributed by atoms with Crippen LogP contribution < -0.4 is 5.73 Å². The smallest absolute Gasteiger partial charge is 0.383 e. The Hall–Kier alpha value is -3.17. The van der Waals surface area contributed by atoms with Gasteiger partial charge in [-0.05, 0) is 68.2 Å². The molecular weight excluding hydrogens is 494 g/mol. The SMILES string of the molecule is C=C(/C(=C(N)\N=C/C)c1ccc(F)cc1)N1CCN(C(CN2CCCC2)c2ccc(C(F)(F)F)cc2)CC1. The Labute approximate surface area is 221 Å². The van der Waals surface area contributed by atoms with Gasteiger partial charge in [0.25, 0.3) is 0 Å². The van der Waals surface area contributed by atoms with E-state index in [9.17, 15) is 17.6 Å². The van der Waals surface area contributed by atoms with Crippen LogP contribution in [0.3, 0.4) is 0 Å². The molecule has 1 unspecified atom stereocenters. The summed E-state index contributed by atoms with van der Waals surface area (Å²) < 4.78 is 53.1. The second-order valence-corrected chi connectivity index (χ2v) is 9.77. The molecule has 5 nitrogen and oxygen atoms in total. The highest BCUT2D eigenvalue weighted by atomic mass is 19.4. The Morgan fingerprint density at radius 3 is 2.13 bits per heavy atom. The van der Waals surface area contributed by atoms with Gasteiger partial charge in [-0.3, -0.25) is 4.90 Å². The normalized spacial score (nSPS) is 19.1. The number of aliphatic imine (C=N–C) groups is 1. The minimum atomic E-state index is -4.35. The number of hydrogen-bond acceptors (Lipinski definition) is 5. The molecule has 2 aromatic carbocycles. The third-order valence-electron chi connectivity index (χ3n) is 7.34. The molecule has 204 valence electrons. The number of benzene rings is 2. The second kappa shape index (κ2) is 12.1. The second-order valence-electron chi connectivity index (χ2n) is 9.77. The lowest BCUT2D eigenvalue weighted by Crippen LogP contribution is -2.49. The molecular formula is C29H35F4N5. The molecule has 9 heteroatoms. The maximum Gasteiger partial charge on any atom is 0.416 e. The van der Waals surface area contributed by atoms with Gasteiger partial charge in [0.15, 0.2) is 0 Å². The van der Waals surface area contributed by atoms with E-state index in [2.05, 4.69) is 26.3 Å². The molecule has 0 aliphatic carbocycles. The predicted molar refractivity (Wildman–Crippen MR) is 144 cm³/mol. The first-order valence-electron chi connectivity index (χ1n) is 13.0. The van der Waals surface area contributed by atoms with Crippen LogP contribution in [0.15, 0.2) is 71.6 Å². The van der Waals surface area contributed by atoms with Gasteiger partial charge in [0.2, 0.25) is 0 Å². The summed E-state index contributed by atoms with van der Waals surface area (Å²) in [6, 6.07) is 11.7. The molecule has 2 saturated heterocycles. The van der Waals surface area contributed by atoms with Crippen molar-refractivity contribution in [3.8, 4) is 0 Å². The lowest BCUT2D eigenvalue weighted by Gasteiger charge is -2.42. The summed E-state index contributed by atoms with van der Waals surface area (Å²) in [7, 11) is 0. The first-order valence-corrected chi connectivity index (χ1v) is 13.0. The van der Waals surface area contributed by atoms with Crippen LogP contribution in [0.5, 0.6) is 0 Å². The number of allylic oxidation sites excluding steroid dienone is 1. The Bertz CT molecular complexity index is 1140. The van der Waals surface area contributed by atoms with Gasteiger partial charge in [-0.15, -0.1) is 0 Å². The maximum atomic E-state index is 13.6. The summed E-state index contributed by atoms with van der Waals surface area (Å²) >= 11 is 0. The van der Waals surface area contributed by atoms with Crippen molar-refractivity contribution in [3.05, 3.63) is 89.1 Å². The third-order valence-corrected chi connectivity index (χ3v) is 7.34. The van der Waals surface area contributed by atoms with E-state index in [-0.39, 0.29) is 11.9 Å². The average Bonchev–Trinajstić information content (AvgIpc) is 3.42. The van der Waals surface area contributed by atoms with Gasteiger partial charge in [-0.2, -0.15) is 13.2 Å². The number of likely N-dealkylation sites (tertiary alicyclic amines) is 1. The molecule has 2 aliphatic rings. The van der Waals surface area contributed by atoms with Gasteiger partial charge in [-0.25, -0.2) is 9.38 Å². The van der Waals surface area contributed by atoms with E-state index in [0.717, 1.165) is 43.6 Å². The summed E-state index contributed by atoms with van der Waals surface area (Å²) in [5.41, 5.74) is 8.67. The first-order chi connectivity index (χ1) is 18.2. The molecule has 2 fully saturated rings. The topological polar surface area (TPSA) is 48.1 Å². The van der Waals surface area contributed by atoms with Crippen molar-refractivity contribution in [2.24, 2.45) is 10.7 Å². The van der Waals surface area contributed by atoms with Crippen LogP contribution in [0.1, 0.15) is 42.5 Å². The molecule has 0 saturated carbocycles. The monoisotopic (exact) mass is 529 g/mol. The minimum Gasteiger partial charge on any atom is -0.383 e. The summed E-state index contributed by atoms with van der Waals surface area (Å²) in [4.78, 5) is 11.1. The zero-order chi connectivity index (χ0) is 27.3. The van der Waals surface area contributed by atoms with Crippen molar-refractivity contribution >= 4 is 11.8 Å². The Morgan fingerprint density at radius 2 is 1.58 bits per heavy atom. The summed E-state index contributed by atoms with van der Waals surface area (Å²) in [6.45, 7) is 11.7. The van der Waals surface area contributed by atoms with E-state index in [1.165, 1.54) is 24.3 Å². The fourth-order valence-corrected chi connectivity index (χ4v) is 5.28. The lowest BCUT2D eigenvalue weighted by molar-refractivity contribution is -0.137. The average molecular weight is 530 g/mol. The number of halogens is 4. The Balaban J connectivity index is 1.52. The van der Waals surface area contributed by atoms with Gasteiger partial charge in [-0.1, -0.05) is 30.8 Å². The number of rotatable bonds is 8. The summed E-state index contributed by atoms with van der Waals surface area (Å²) in [6.07, 6.45) is -0.452.